The molecule has 3 aromatic rings. The molecule has 18 heavy (non-hydrogen) atoms. The molecule has 0 aliphatic heterocycles. The summed E-state index contributed by atoms with van der Waals surface area (Å²) in [7, 11) is 0. The van der Waals surface area contributed by atoms with Crippen LogP contribution >= 0.6 is 0 Å². The lowest BCUT2D eigenvalue weighted by Gasteiger charge is -2.07. The molecule has 92 valence electrons. The number of hydrogen-bond donors (Lipinski definition) is 2. The number of aromatic nitrogens is 6. The Balaban J connectivity index is 2.12. The first-order chi connectivity index (χ1) is 8.88. The van der Waals surface area contributed by atoms with Crippen molar-refractivity contribution in [2.45, 2.75) is 13.3 Å². The molecule has 3 rings (SSSR count). The number of nitrogens with one attached hydrogen (secondary N) is 2. The van der Waals surface area contributed by atoms with Gasteiger partial charge in [0.05, 0.1) is 11.6 Å². The van der Waals surface area contributed by atoms with Crippen LogP contribution in [0.3, 0.4) is 0 Å². The summed E-state index contributed by atoms with van der Waals surface area (Å²) in [5.74, 6) is 1.36. The third kappa shape index (κ3) is 1.79. The van der Waals surface area contributed by atoms with Crippen molar-refractivity contribution in [3.05, 3.63) is 24.9 Å². The Morgan fingerprint density at radius 1 is 1.39 bits per heavy atom. The fourth-order valence-corrected chi connectivity index (χ4v) is 1.72. The zero-order chi connectivity index (χ0) is 12.4. The summed E-state index contributed by atoms with van der Waals surface area (Å²) in [6.45, 7) is 2.93. The number of imidazole rings is 1. The minimum absolute atomic E-state index is 0.595. The van der Waals surface area contributed by atoms with Crippen LogP contribution in [0.2, 0.25) is 0 Å². The number of H-pyrrole nitrogens is 1. The average molecular weight is 243 g/mol. The van der Waals surface area contributed by atoms with Gasteiger partial charge in [0.25, 0.3) is 0 Å². The van der Waals surface area contributed by atoms with E-state index in [0.717, 1.165) is 24.2 Å². The van der Waals surface area contributed by atoms with E-state index in [0.29, 0.717) is 11.6 Å². The molecule has 2 N–H and O–H groups in total. The van der Waals surface area contributed by atoms with Crippen molar-refractivity contribution in [3.63, 3.8) is 0 Å². The van der Waals surface area contributed by atoms with Crippen LogP contribution in [0.1, 0.15) is 13.3 Å². The molecule has 0 aliphatic rings. The Labute approximate surface area is 103 Å². The van der Waals surface area contributed by atoms with Gasteiger partial charge in [0.1, 0.15) is 6.33 Å². The lowest BCUT2D eigenvalue weighted by molar-refractivity contribution is 0.937. The summed E-state index contributed by atoms with van der Waals surface area (Å²) in [4.78, 5) is 12.9. The van der Waals surface area contributed by atoms with Gasteiger partial charge in [-0.3, -0.25) is 9.67 Å². The smallest absolute Gasteiger partial charge is 0.226 e. The fraction of sp³-hybridized carbons (Fsp3) is 0.273. The summed E-state index contributed by atoms with van der Waals surface area (Å²) in [6, 6.07) is 0. The van der Waals surface area contributed by atoms with Crippen molar-refractivity contribution in [1.29, 1.82) is 0 Å². The van der Waals surface area contributed by atoms with E-state index in [-0.39, 0.29) is 0 Å². The molecule has 0 amide bonds. The maximum atomic E-state index is 4.49. The third-order valence-corrected chi connectivity index (χ3v) is 2.57. The van der Waals surface area contributed by atoms with Gasteiger partial charge in [0.2, 0.25) is 5.95 Å². The van der Waals surface area contributed by atoms with Crippen LogP contribution in [-0.2, 0) is 0 Å². The number of anilines is 1. The molecule has 0 radical (unpaired) electrons. The highest BCUT2D eigenvalue weighted by molar-refractivity contribution is 5.82. The fourth-order valence-electron chi connectivity index (χ4n) is 1.72. The predicted octanol–water partition coefficient (Wildman–Crippen LogP) is 1.36. The van der Waals surface area contributed by atoms with Gasteiger partial charge in [0.15, 0.2) is 11.5 Å². The van der Waals surface area contributed by atoms with E-state index in [1.165, 1.54) is 0 Å². The second-order valence-corrected chi connectivity index (χ2v) is 3.90. The number of nitrogens with zero attached hydrogens (tertiary/aromatic N) is 5. The summed E-state index contributed by atoms with van der Waals surface area (Å²) in [5.41, 5.74) is 0.715. The number of aromatic amines is 1. The Morgan fingerprint density at radius 2 is 2.33 bits per heavy atom. The van der Waals surface area contributed by atoms with Crippen molar-refractivity contribution in [1.82, 2.24) is 29.7 Å². The molecule has 3 aromatic heterocycles. The summed E-state index contributed by atoms with van der Waals surface area (Å²) >= 11 is 0. The second-order valence-electron chi connectivity index (χ2n) is 3.90. The molecule has 0 unspecified atom stereocenters. The van der Waals surface area contributed by atoms with Crippen LogP contribution in [0, 0.1) is 0 Å². The van der Waals surface area contributed by atoms with Gasteiger partial charge in [-0.15, -0.1) is 0 Å². The quantitative estimate of drug-likeness (QED) is 0.722. The van der Waals surface area contributed by atoms with Crippen molar-refractivity contribution >= 4 is 17.0 Å². The molecule has 0 aliphatic carbocycles. The molecule has 0 atom stereocenters. The van der Waals surface area contributed by atoms with Crippen LogP contribution in [-0.4, -0.2) is 36.3 Å². The highest BCUT2D eigenvalue weighted by atomic mass is 15.2. The summed E-state index contributed by atoms with van der Waals surface area (Å²) in [5, 5.41) is 10.9. The molecule has 7 nitrogen and oxygen atoms in total. The summed E-state index contributed by atoms with van der Waals surface area (Å²) in [6.07, 6.45) is 8.00. The molecule has 0 fully saturated rings. The lowest BCUT2D eigenvalue weighted by atomic mass is 10.4. The van der Waals surface area contributed by atoms with Gasteiger partial charge in [0, 0.05) is 18.9 Å². The first kappa shape index (κ1) is 10.7. The van der Waals surface area contributed by atoms with E-state index in [1.807, 2.05) is 10.8 Å². The van der Waals surface area contributed by atoms with Crippen LogP contribution in [0.15, 0.2) is 24.9 Å². The van der Waals surface area contributed by atoms with E-state index in [9.17, 15) is 0 Å². The van der Waals surface area contributed by atoms with Gasteiger partial charge in [-0.25, -0.2) is 4.98 Å². The predicted molar refractivity (Wildman–Crippen MR) is 67.6 cm³/mol. The van der Waals surface area contributed by atoms with Gasteiger partial charge >= 0.3 is 0 Å². The molecular weight excluding hydrogens is 230 g/mol. The maximum Gasteiger partial charge on any atom is 0.226 e. The topological polar surface area (TPSA) is 84.3 Å². The second kappa shape index (κ2) is 4.44. The zero-order valence-corrected chi connectivity index (χ0v) is 9.96. The molecular formula is C11H13N7. The summed E-state index contributed by atoms with van der Waals surface area (Å²) < 4.78 is 1.84. The highest BCUT2D eigenvalue weighted by Crippen LogP contribution is 2.18. The molecule has 7 heteroatoms. The van der Waals surface area contributed by atoms with Crippen molar-refractivity contribution in [3.8, 4) is 5.82 Å². The van der Waals surface area contributed by atoms with E-state index >= 15 is 0 Å². The first-order valence-electron chi connectivity index (χ1n) is 5.82. The van der Waals surface area contributed by atoms with Gasteiger partial charge in [-0.2, -0.15) is 15.1 Å². The van der Waals surface area contributed by atoms with E-state index in [1.54, 1.807) is 18.7 Å². The van der Waals surface area contributed by atoms with Crippen LogP contribution < -0.4 is 5.32 Å². The molecule has 0 bridgehead atoms. The minimum atomic E-state index is 0.595. The van der Waals surface area contributed by atoms with Gasteiger partial charge < -0.3 is 5.32 Å². The highest BCUT2D eigenvalue weighted by Gasteiger charge is 2.10. The maximum absolute atomic E-state index is 4.49. The minimum Gasteiger partial charge on any atom is -0.354 e. The van der Waals surface area contributed by atoms with E-state index in [4.69, 9.17) is 0 Å². The normalized spacial score (nSPS) is 10.9. The monoisotopic (exact) mass is 243 g/mol. The third-order valence-electron chi connectivity index (χ3n) is 2.57. The van der Waals surface area contributed by atoms with E-state index in [2.05, 4.69) is 37.4 Å². The Morgan fingerprint density at radius 3 is 3.11 bits per heavy atom. The Kier molecular flexibility index (Phi) is 2.64. The van der Waals surface area contributed by atoms with Crippen LogP contribution in [0.5, 0.6) is 0 Å². The Bertz CT molecular complexity index is 641. The van der Waals surface area contributed by atoms with E-state index < -0.39 is 0 Å². The largest absolute Gasteiger partial charge is 0.354 e. The van der Waals surface area contributed by atoms with Crippen molar-refractivity contribution in [2.75, 3.05) is 11.9 Å². The molecule has 0 saturated carbocycles. The van der Waals surface area contributed by atoms with Crippen molar-refractivity contribution in [2.24, 2.45) is 0 Å². The molecule has 0 aromatic carbocycles. The van der Waals surface area contributed by atoms with Gasteiger partial charge in [-0.1, -0.05) is 6.92 Å². The first-order valence-corrected chi connectivity index (χ1v) is 5.82. The number of rotatable bonds is 4. The molecule has 0 spiro atoms. The van der Waals surface area contributed by atoms with Gasteiger partial charge in [-0.05, 0) is 6.42 Å². The molecule has 3 heterocycles. The Hall–Kier alpha value is -2.44. The zero-order valence-electron chi connectivity index (χ0n) is 9.96. The average Bonchev–Trinajstić information content (AvgIpc) is 3.05. The van der Waals surface area contributed by atoms with Crippen molar-refractivity contribution < 1.29 is 0 Å². The number of hydrogen-bond acceptors (Lipinski definition) is 5. The van der Waals surface area contributed by atoms with Crippen LogP contribution in [0.25, 0.3) is 16.9 Å². The molecule has 0 saturated heterocycles. The SMILES string of the molecule is CCCNc1nc(-n2ccnc2)c2cn[nH]c2n1. The standard InChI is InChI=1S/C11H13N7/c1-2-3-13-11-15-9-8(6-14-17-9)10(16-11)18-5-4-12-7-18/h4-7H,2-3H2,1H3,(H2,13,14,15,16,17). The number of fused-ring (bicyclic) bond motifs is 1. The van der Waals surface area contributed by atoms with Crippen LogP contribution in [0.4, 0.5) is 5.95 Å². The lowest BCUT2D eigenvalue weighted by Crippen LogP contribution is -2.07.